The van der Waals surface area contributed by atoms with E-state index < -0.39 is 11.6 Å². The summed E-state index contributed by atoms with van der Waals surface area (Å²) in [6, 6.07) is 0. The van der Waals surface area contributed by atoms with Crippen LogP contribution in [-0.4, -0.2) is 29.7 Å². The highest BCUT2D eigenvalue weighted by Gasteiger charge is 2.29. The normalized spacial score (nSPS) is 16.4. The summed E-state index contributed by atoms with van der Waals surface area (Å²) in [4.78, 5) is 10.5. The summed E-state index contributed by atoms with van der Waals surface area (Å²) in [5.74, 6) is -0.864. The number of ether oxygens (including phenoxy) is 1. The lowest BCUT2D eigenvalue weighted by Gasteiger charge is -2.15. The molecule has 0 bridgehead atoms. The van der Waals surface area contributed by atoms with Crippen molar-refractivity contribution >= 4 is 17.6 Å². The maximum atomic E-state index is 10.5. The average molecular weight is 153 g/mol. The Morgan fingerprint density at radius 3 is 2.44 bits per heavy atom. The van der Waals surface area contributed by atoms with Gasteiger partial charge in [0.05, 0.1) is 13.0 Å². The van der Waals surface area contributed by atoms with Gasteiger partial charge in [0.15, 0.2) is 5.60 Å². The number of carbonyl (C=O) groups is 1. The summed E-state index contributed by atoms with van der Waals surface area (Å²) in [7, 11) is 1.20. The summed E-state index contributed by atoms with van der Waals surface area (Å²) in [5, 5.41) is 8.99. The molecule has 4 heteroatoms. The van der Waals surface area contributed by atoms with Crippen molar-refractivity contribution in [1.29, 1.82) is 0 Å². The number of hydrogen-bond acceptors (Lipinski definition) is 3. The van der Waals surface area contributed by atoms with E-state index in [-0.39, 0.29) is 5.88 Å². The number of rotatable bonds is 2. The second-order valence-corrected chi connectivity index (χ2v) is 2.17. The molecule has 0 saturated heterocycles. The predicted octanol–water partition coefficient (Wildman–Crippen LogP) is 0.149. The van der Waals surface area contributed by atoms with Crippen LogP contribution in [-0.2, 0) is 9.53 Å². The van der Waals surface area contributed by atoms with Crippen molar-refractivity contribution in [3.8, 4) is 0 Å². The molecule has 0 amide bonds. The van der Waals surface area contributed by atoms with Gasteiger partial charge in [0, 0.05) is 0 Å². The van der Waals surface area contributed by atoms with E-state index in [9.17, 15) is 4.79 Å². The molecule has 1 atom stereocenters. The van der Waals surface area contributed by atoms with Crippen LogP contribution in [0.5, 0.6) is 0 Å². The van der Waals surface area contributed by atoms with Crippen molar-refractivity contribution in [2.24, 2.45) is 0 Å². The highest BCUT2D eigenvalue weighted by atomic mass is 35.5. The monoisotopic (exact) mass is 152 g/mol. The molecule has 0 spiro atoms. The Hall–Kier alpha value is -0.280. The molecule has 0 aromatic carbocycles. The van der Waals surface area contributed by atoms with E-state index in [1.807, 2.05) is 0 Å². The molecule has 0 rings (SSSR count). The van der Waals surface area contributed by atoms with Gasteiger partial charge in [0.2, 0.25) is 0 Å². The molecule has 0 aromatic heterocycles. The van der Waals surface area contributed by atoms with Gasteiger partial charge in [0.1, 0.15) is 0 Å². The number of esters is 1. The van der Waals surface area contributed by atoms with Gasteiger partial charge in [-0.25, -0.2) is 4.79 Å². The first-order chi connectivity index (χ1) is 4.04. The highest BCUT2D eigenvalue weighted by molar-refractivity contribution is 6.20. The first-order valence-corrected chi connectivity index (χ1v) is 2.95. The zero-order valence-electron chi connectivity index (χ0n) is 5.35. The standard InChI is InChI=1S/C5H9ClO3/c1-5(8,3-6)4(7)9-2/h8H,3H2,1-2H3/t5-/m0/s1. The minimum Gasteiger partial charge on any atom is -0.467 e. The maximum absolute atomic E-state index is 10.5. The fourth-order valence-corrected chi connectivity index (χ4v) is 0.384. The minimum absolute atomic E-state index is 0.153. The van der Waals surface area contributed by atoms with Crippen molar-refractivity contribution < 1.29 is 14.6 Å². The van der Waals surface area contributed by atoms with E-state index in [2.05, 4.69) is 4.74 Å². The molecule has 1 N–H and O–H groups in total. The van der Waals surface area contributed by atoms with Gasteiger partial charge in [-0.15, -0.1) is 11.6 Å². The molecule has 0 saturated carbocycles. The lowest BCUT2D eigenvalue weighted by molar-refractivity contribution is -0.158. The summed E-state index contributed by atoms with van der Waals surface area (Å²) >= 11 is 5.22. The second kappa shape index (κ2) is 3.03. The quantitative estimate of drug-likeness (QED) is 0.453. The summed E-state index contributed by atoms with van der Waals surface area (Å²) in [6.45, 7) is 1.30. The highest BCUT2D eigenvalue weighted by Crippen LogP contribution is 2.06. The maximum Gasteiger partial charge on any atom is 0.338 e. The van der Waals surface area contributed by atoms with Crippen LogP contribution >= 0.6 is 11.6 Å². The van der Waals surface area contributed by atoms with Gasteiger partial charge in [-0.05, 0) is 6.92 Å². The Morgan fingerprint density at radius 2 is 2.33 bits per heavy atom. The van der Waals surface area contributed by atoms with Crippen molar-refractivity contribution in [3.05, 3.63) is 0 Å². The zero-order valence-corrected chi connectivity index (χ0v) is 6.10. The van der Waals surface area contributed by atoms with Gasteiger partial charge in [-0.1, -0.05) is 0 Å². The SMILES string of the molecule is COC(=O)[C@@](C)(O)CCl. The Labute approximate surface area is 58.6 Å². The lowest BCUT2D eigenvalue weighted by Crippen LogP contribution is -2.37. The van der Waals surface area contributed by atoms with Gasteiger partial charge < -0.3 is 9.84 Å². The van der Waals surface area contributed by atoms with Crippen molar-refractivity contribution in [1.82, 2.24) is 0 Å². The van der Waals surface area contributed by atoms with Crippen LogP contribution in [0.4, 0.5) is 0 Å². The molecular weight excluding hydrogens is 144 g/mol. The number of methoxy groups -OCH3 is 1. The number of hydrogen-bond donors (Lipinski definition) is 1. The number of halogens is 1. The molecule has 0 aliphatic carbocycles. The fourth-order valence-electron chi connectivity index (χ4n) is 0.274. The fraction of sp³-hybridized carbons (Fsp3) is 0.800. The number of carbonyl (C=O) groups excluding carboxylic acids is 1. The summed E-state index contributed by atoms with van der Waals surface area (Å²) < 4.78 is 4.23. The Kier molecular flexibility index (Phi) is 2.94. The van der Waals surface area contributed by atoms with E-state index in [0.29, 0.717) is 0 Å². The van der Waals surface area contributed by atoms with Gasteiger partial charge in [0.25, 0.3) is 0 Å². The Morgan fingerprint density at radius 1 is 1.89 bits per heavy atom. The van der Waals surface area contributed by atoms with Crippen molar-refractivity contribution in [2.75, 3.05) is 13.0 Å². The Bertz CT molecular complexity index is 111. The molecular formula is C5H9ClO3. The van der Waals surface area contributed by atoms with Crippen LogP contribution in [0.1, 0.15) is 6.92 Å². The molecule has 0 aromatic rings. The minimum atomic E-state index is -1.55. The number of alkyl halides is 1. The Balaban J connectivity index is 3.97. The smallest absolute Gasteiger partial charge is 0.338 e. The third-order valence-electron chi connectivity index (χ3n) is 0.885. The molecule has 0 unspecified atom stereocenters. The van der Waals surface area contributed by atoms with E-state index in [0.717, 1.165) is 0 Å². The first-order valence-electron chi connectivity index (χ1n) is 2.41. The molecule has 0 aliphatic rings. The summed E-state index contributed by atoms with van der Waals surface area (Å²) in [5.41, 5.74) is -1.55. The molecule has 0 aliphatic heterocycles. The molecule has 9 heavy (non-hydrogen) atoms. The topological polar surface area (TPSA) is 46.5 Å². The second-order valence-electron chi connectivity index (χ2n) is 1.90. The van der Waals surface area contributed by atoms with Crippen LogP contribution < -0.4 is 0 Å². The van der Waals surface area contributed by atoms with E-state index in [1.54, 1.807) is 0 Å². The van der Waals surface area contributed by atoms with Crippen molar-refractivity contribution in [3.63, 3.8) is 0 Å². The average Bonchev–Trinajstić information content (AvgIpc) is 1.86. The van der Waals surface area contributed by atoms with Crippen LogP contribution in [0.3, 0.4) is 0 Å². The zero-order chi connectivity index (χ0) is 7.49. The largest absolute Gasteiger partial charge is 0.467 e. The third kappa shape index (κ3) is 2.20. The molecule has 3 nitrogen and oxygen atoms in total. The van der Waals surface area contributed by atoms with Crippen LogP contribution in [0.15, 0.2) is 0 Å². The van der Waals surface area contributed by atoms with Gasteiger partial charge >= 0.3 is 5.97 Å². The van der Waals surface area contributed by atoms with Crippen LogP contribution in [0.25, 0.3) is 0 Å². The molecule has 0 heterocycles. The molecule has 54 valence electrons. The van der Waals surface area contributed by atoms with E-state index in [4.69, 9.17) is 16.7 Å². The van der Waals surface area contributed by atoms with Gasteiger partial charge in [-0.2, -0.15) is 0 Å². The first kappa shape index (κ1) is 8.72. The lowest BCUT2D eigenvalue weighted by atomic mass is 10.1. The third-order valence-corrected chi connectivity index (χ3v) is 1.41. The number of aliphatic hydroxyl groups is 1. The van der Waals surface area contributed by atoms with E-state index in [1.165, 1.54) is 14.0 Å². The van der Waals surface area contributed by atoms with E-state index >= 15 is 0 Å². The van der Waals surface area contributed by atoms with Crippen molar-refractivity contribution in [2.45, 2.75) is 12.5 Å². The van der Waals surface area contributed by atoms with Crippen LogP contribution in [0.2, 0.25) is 0 Å². The van der Waals surface area contributed by atoms with Gasteiger partial charge in [-0.3, -0.25) is 0 Å². The van der Waals surface area contributed by atoms with Crippen LogP contribution in [0, 0.1) is 0 Å². The summed E-state index contributed by atoms with van der Waals surface area (Å²) in [6.07, 6.45) is 0. The molecule has 0 fully saturated rings. The predicted molar refractivity (Wildman–Crippen MR) is 33.4 cm³/mol. The molecule has 0 radical (unpaired) electrons.